The molecule has 0 amide bonds. The van der Waals surface area contributed by atoms with Crippen LogP contribution >= 0.6 is 15.9 Å². The van der Waals surface area contributed by atoms with Crippen molar-refractivity contribution in [2.24, 2.45) is 17.6 Å². The van der Waals surface area contributed by atoms with Crippen molar-refractivity contribution in [3.8, 4) is 0 Å². The molecular formula is C13H17BrN2O2S. The predicted octanol–water partition coefficient (Wildman–Crippen LogP) is 1.81. The summed E-state index contributed by atoms with van der Waals surface area (Å²) in [5, 5.41) is 0. The Bertz CT molecular complexity index is 573. The summed E-state index contributed by atoms with van der Waals surface area (Å²) < 4.78 is 27.6. The average Bonchev–Trinajstić information content (AvgIpc) is 2.93. The van der Waals surface area contributed by atoms with E-state index in [4.69, 9.17) is 5.73 Å². The van der Waals surface area contributed by atoms with Gasteiger partial charge in [0.2, 0.25) is 10.0 Å². The summed E-state index contributed by atoms with van der Waals surface area (Å²) in [7, 11) is -3.36. The van der Waals surface area contributed by atoms with Crippen molar-refractivity contribution in [1.29, 1.82) is 0 Å². The summed E-state index contributed by atoms with van der Waals surface area (Å²) in [5.74, 6) is 0.783. The highest BCUT2D eigenvalue weighted by Crippen LogP contribution is 2.39. The van der Waals surface area contributed by atoms with Gasteiger partial charge in [0, 0.05) is 23.6 Å². The first kappa shape index (κ1) is 13.5. The van der Waals surface area contributed by atoms with E-state index in [-0.39, 0.29) is 6.04 Å². The van der Waals surface area contributed by atoms with Crippen LogP contribution in [0.2, 0.25) is 0 Å². The van der Waals surface area contributed by atoms with Crippen molar-refractivity contribution < 1.29 is 8.42 Å². The van der Waals surface area contributed by atoms with Crippen LogP contribution in [0.1, 0.15) is 12.8 Å². The van der Waals surface area contributed by atoms with Crippen molar-refractivity contribution >= 4 is 26.0 Å². The number of nitrogens with zero attached hydrogens (tertiary/aromatic N) is 1. The molecule has 1 saturated heterocycles. The lowest BCUT2D eigenvalue weighted by molar-refractivity contribution is 0.427. The molecule has 19 heavy (non-hydrogen) atoms. The maximum absolute atomic E-state index is 12.6. The Morgan fingerprint density at radius 2 is 1.84 bits per heavy atom. The van der Waals surface area contributed by atoms with Crippen molar-refractivity contribution in [2.45, 2.75) is 23.8 Å². The first-order chi connectivity index (χ1) is 8.98. The van der Waals surface area contributed by atoms with Crippen LogP contribution in [0.3, 0.4) is 0 Å². The molecule has 6 heteroatoms. The van der Waals surface area contributed by atoms with Crippen LogP contribution in [-0.2, 0) is 10.0 Å². The molecule has 1 aromatic carbocycles. The molecular weight excluding hydrogens is 328 g/mol. The summed E-state index contributed by atoms with van der Waals surface area (Å²) in [6, 6.07) is 6.97. The van der Waals surface area contributed by atoms with Crippen LogP contribution in [0.4, 0.5) is 0 Å². The minimum Gasteiger partial charge on any atom is -0.327 e. The number of halogens is 1. The largest absolute Gasteiger partial charge is 0.327 e. The summed E-state index contributed by atoms with van der Waals surface area (Å²) in [6.45, 7) is 1.20. The number of fused-ring (bicyclic) bond motifs is 1. The van der Waals surface area contributed by atoms with Gasteiger partial charge in [0.25, 0.3) is 0 Å². The molecule has 3 unspecified atom stereocenters. The van der Waals surface area contributed by atoms with Gasteiger partial charge < -0.3 is 5.73 Å². The maximum Gasteiger partial charge on any atom is 0.243 e. The molecule has 1 saturated carbocycles. The normalized spacial score (nSPS) is 31.6. The third kappa shape index (κ3) is 2.35. The van der Waals surface area contributed by atoms with Gasteiger partial charge in [-0.05, 0) is 48.9 Å². The minimum atomic E-state index is -3.36. The zero-order valence-electron chi connectivity index (χ0n) is 10.5. The molecule has 4 nitrogen and oxygen atoms in total. The second kappa shape index (κ2) is 4.84. The molecule has 2 fully saturated rings. The van der Waals surface area contributed by atoms with E-state index >= 15 is 0 Å². The van der Waals surface area contributed by atoms with Gasteiger partial charge in [0.15, 0.2) is 0 Å². The third-order valence-electron chi connectivity index (χ3n) is 4.33. The number of rotatable bonds is 2. The number of sulfonamides is 1. The minimum absolute atomic E-state index is 0.162. The van der Waals surface area contributed by atoms with Crippen LogP contribution in [0.25, 0.3) is 0 Å². The van der Waals surface area contributed by atoms with E-state index in [0.717, 1.165) is 17.3 Å². The fraction of sp³-hybridized carbons (Fsp3) is 0.538. The number of benzene rings is 1. The Labute approximate surface area is 122 Å². The van der Waals surface area contributed by atoms with E-state index in [2.05, 4.69) is 15.9 Å². The highest BCUT2D eigenvalue weighted by atomic mass is 79.9. The van der Waals surface area contributed by atoms with Gasteiger partial charge in [-0.1, -0.05) is 15.9 Å². The summed E-state index contributed by atoms with van der Waals surface area (Å²) in [6.07, 6.45) is 2.08. The van der Waals surface area contributed by atoms with Gasteiger partial charge in [0.05, 0.1) is 4.90 Å². The van der Waals surface area contributed by atoms with Gasteiger partial charge in [-0.15, -0.1) is 0 Å². The SMILES string of the molecule is NC1CCC2CN(S(=O)(=O)c3ccc(Br)cc3)CC12. The van der Waals surface area contributed by atoms with Crippen LogP contribution in [-0.4, -0.2) is 31.9 Å². The first-order valence-electron chi connectivity index (χ1n) is 6.50. The molecule has 0 radical (unpaired) electrons. The summed E-state index contributed by atoms with van der Waals surface area (Å²) in [5.41, 5.74) is 6.06. The Hall–Kier alpha value is -0.430. The predicted molar refractivity (Wildman–Crippen MR) is 77.1 cm³/mol. The molecule has 104 valence electrons. The van der Waals surface area contributed by atoms with Crippen LogP contribution in [0.5, 0.6) is 0 Å². The maximum atomic E-state index is 12.6. The van der Waals surface area contributed by atoms with E-state index in [1.54, 1.807) is 28.6 Å². The highest BCUT2D eigenvalue weighted by Gasteiger charge is 2.44. The van der Waals surface area contributed by atoms with E-state index < -0.39 is 10.0 Å². The van der Waals surface area contributed by atoms with E-state index in [0.29, 0.717) is 29.8 Å². The smallest absolute Gasteiger partial charge is 0.243 e. The molecule has 0 bridgehead atoms. The van der Waals surface area contributed by atoms with Crippen molar-refractivity contribution in [2.75, 3.05) is 13.1 Å². The fourth-order valence-corrected chi connectivity index (χ4v) is 5.02. The van der Waals surface area contributed by atoms with Gasteiger partial charge in [-0.3, -0.25) is 0 Å². The van der Waals surface area contributed by atoms with Crippen LogP contribution < -0.4 is 5.73 Å². The second-order valence-electron chi connectivity index (χ2n) is 5.44. The van der Waals surface area contributed by atoms with Crippen molar-refractivity contribution in [3.05, 3.63) is 28.7 Å². The summed E-state index contributed by atoms with van der Waals surface area (Å²) in [4.78, 5) is 0.365. The molecule has 3 rings (SSSR count). The molecule has 1 aliphatic carbocycles. The third-order valence-corrected chi connectivity index (χ3v) is 6.70. The van der Waals surface area contributed by atoms with E-state index in [1.165, 1.54) is 0 Å². The quantitative estimate of drug-likeness (QED) is 0.889. The topological polar surface area (TPSA) is 63.4 Å². The molecule has 1 aromatic rings. The molecule has 2 N–H and O–H groups in total. The van der Waals surface area contributed by atoms with Gasteiger partial charge in [-0.25, -0.2) is 8.42 Å². The zero-order chi connectivity index (χ0) is 13.6. The molecule has 1 heterocycles. The molecule has 3 atom stereocenters. The van der Waals surface area contributed by atoms with E-state index in [1.807, 2.05) is 0 Å². The second-order valence-corrected chi connectivity index (χ2v) is 8.29. The van der Waals surface area contributed by atoms with Gasteiger partial charge in [0.1, 0.15) is 0 Å². The lowest BCUT2D eigenvalue weighted by Crippen LogP contribution is -2.33. The lowest BCUT2D eigenvalue weighted by Gasteiger charge is -2.18. The molecule has 1 aliphatic heterocycles. The monoisotopic (exact) mass is 344 g/mol. The first-order valence-corrected chi connectivity index (χ1v) is 8.73. The number of nitrogens with two attached hydrogens (primary N) is 1. The van der Waals surface area contributed by atoms with E-state index in [9.17, 15) is 8.42 Å². The summed E-state index contributed by atoms with van der Waals surface area (Å²) >= 11 is 3.32. The standard InChI is InChI=1S/C13H17BrN2O2S/c14-10-2-4-11(5-3-10)19(17,18)16-7-9-1-6-13(15)12(9)8-16/h2-5,9,12-13H,1,6-8,15H2. The highest BCUT2D eigenvalue weighted by molar-refractivity contribution is 9.10. The Kier molecular flexibility index (Phi) is 3.45. The Morgan fingerprint density at radius 1 is 1.16 bits per heavy atom. The average molecular weight is 345 g/mol. The Morgan fingerprint density at radius 3 is 2.47 bits per heavy atom. The molecule has 0 spiro atoms. The van der Waals surface area contributed by atoms with Gasteiger partial charge >= 0.3 is 0 Å². The van der Waals surface area contributed by atoms with Crippen LogP contribution in [0, 0.1) is 11.8 Å². The van der Waals surface area contributed by atoms with Crippen molar-refractivity contribution in [3.63, 3.8) is 0 Å². The molecule has 2 aliphatic rings. The number of hydrogen-bond donors (Lipinski definition) is 1. The number of hydrogen-bond acceptors (Lipinski definition) is 3. The van der Waals surface area contributed by atoms with Crippen molar-refractivity contribution in [1.82, 2.24) is 4.31 Å². The lowest BCUT2D eigenvalue weighted by atomic mass is 9.98. The fourth-order valence-electron chi connectivity index (χ4n) is 3.22. The molecule has 0 aromatic heterocycles. The van der Waals surface area contributed by atoms with Gasteiger partial charge in [-0.2, -0.15) is 4.31 Å². The Balaban J connectivity index is 1.84. The van der Waals surface area contributed by atoms with Crippen LogP contribution in [0.15, 0.2) is 33.6 Å². The zero-order valence-corrected chi connectivity index (χ0v) is 12.9.